The first-order chi connectivity index (χ1) is 21.8. The van der Waals surface area contributed by atoms with Crippen LogP contribution < -0.4 is 30.6 Å². The third-order valence-electron chi connectivity index (χ3n) is 8.91. The van der Waals surface area contributed by atoms with E-state index >= 15 is 0 Å². The second-order valence-corrected chi connectivity index (χ2v) is 11.3. The zero-order chi connectivity index (χ0) is 28.8. The molecule has 0 atom stereocenters. The summed E-state index contributed by atoms with van der Waals surface area (Å²) in [7, 11) is 0. The summed E-state index contributed by atoms with van der Waals surface area (Å²) in [6.07, 6.45) is 3.67. The number of benzene rings is 5. The highest BCUT2D eigenvalue weighted by atomic mass is 16.5. The maximum absolute atomic E-state index is 6.59. The van der Waals surface area contributed by atoms with Gasteiger partial charge in [-0.05, 0) is 88.6 Å². The highest BCUT2D eigenvalue weighted by Crippen LogP contribution is 2.44. The molecule has 3 aliphatic rings. The average Bonchev–Trinajstić information content (AvgIpc) is 3.08. The number of hydrogen-bond donors (Lipinski definition) is 0. The Morgan fingerprint density at radius 1 is 0.409 bits per heavy atom. The SMILES string of the molecule is c1ccc(-c2ccc(-c3ccccn3)c3cc(-c4cc5c6c(c4)Oc4cccc7c4B6c4c(cccc4O5)O7)ccc23)nc1. The molecule has 0 bridgehead atoms. The summed E-state index contributed by atoms with van der Waals surface area (Å²) >= 11 is 0. The van der Waals surface area contributed by atoms with Crippen LogP contribution >= 0.6 is 0 Å². The predicted octanol–water partition coefficient (Wildman–Crippen LogP) is 7.46. The molecule has 5 heterocycles. The van der Waals surface area contributed by atoms with Crippen molar-refractivity contribution in [3.8, 4) is 68.1 Å². The van der Waals surface area contributed by atoms with Gasteiger partial charge in [0.2, 0.25) is 0 Å². The van der Waals surface area contributed by atoms with E-state index in [1.807, 2.05) is 73.1 Å². The van der Waals surface area contributed by atoms with Gasteiger partial charge in [-0.25, -0.2) is 0 Å². The topological polar surface area (TPSA) is 53.5 Å². The normalized spacial score (nSPS) is 13.0. The van der Waals surface area contributed by atoms with Crippen LogP contribution in [0.15, 0.2) is 128 Å². The summed E-state index contributed by atoms with van der Waals surface area (Å²) in [5.41, 5.74) is 9.25. The lowest BCUT2D eigenvalue weighted by molar-refractivity contribution is 0.443. The maximum atomic E-state index is 6.59. The number of aromatic nitrogens is 2. The van der Waals surface area contributed by atoms with Gasteiger partial charge in [-0.1, -0.05) is 48.5 Å². The van der Waals surface area contributed by atoms with E-state index in [9.17, 15) is 0 Å². The van der Waals surface area contributed by atoms with Gasteiger partial charge in [0.05, 0.1) is 11.4 Å². The molecule has 44 heavy (non-hydrogen) atoms. The van der Waals surface area contributed by atoms with E-state index in [2.05, 4.69) is 59.6 Å². The van der Waals surface area contributed by atoms with Crippen molar-refractivity contribution >= 4 is 33.9 Å². The molecule has 3 aliphatic heterocycles. The van der Waals surface area contributed by atoms with E-state index in [-0.39, 0.29) is 6.71 Å². The molecule has 0 unspecified atom stereocenters. The highest BCUT2D eigenvalue weighted by Gasteiger charge is 2.46. The summed E-state index contributed by atoms with van der Waals surface area (Å²) in [6, 6.07) is 39.3. The third kappa shape index (κ3) is 3.31. The standard InChI is InChI=1S/C38H21BN2O3/c1-3-17-40-28(7-1)25-15-16-26(29-8-2-4-18-41-29)27-19-22(13-14-24(25)27)23-20-34-38-35(21-23)44-33-12-6-10-31-37(33)39(38)36-30(42-31)9-5-11-32(36)43-34/h1-21H. The summed E-state index contributed by atoms with van der Waals surface area (Å²) in [6.45, 7) is -0.00371. The molecule has 10 rings (SSSR count). The van der Waals surface area contributed by atoms with Crippen molar-refractivity contribution in [2.45, 2.75) is 0 Å². The van der Waals surface area contributed by atoms with Crippen LogP contribution in [0, 0.1) is 0 Å². The monoisotopic (exact) mass is 564 g/mol. The molecule has 0 saturated heterocycles. The fourth-order valence-electron chi connectivity index (χ4n) is 7.00. The number of nitrogens with zero attached hydrogens (tertiary/aromatic N) is 2. The van der Waals surface area contributed by atoms with Gasteiger partial charge in [-0.15, -0.1) is 0 Å². The Hall–Kier alpha value is -5.88. The minimum atomic E-state index is -0.00371. The van der Waals surface area contributed by atoms with Crippen molar-refractivity contribution in [3.05, 3.63) is 128 Å². The van der Waals surface area contributed by atoms with Gasteiger partial charge >= 0.3 is 0 Å². The number of rotatable bonds is 3. The van der Waals surface area contributed by atoms with Crippen LogP contribution in [0.5, 0.6) is 34.5 Å². The zero-order valence-corrected chi connectivity index (χ0v) is 23.3. The van der Waals surface area contributed by atoms with E-state index in [1.54, 1.807) is 0 Å². The van der Waals surface area contributed by atoms with Crippen molar-refractivity contribution in [3.63, 3.8) is 0 Å². The minimum Gasteiger partial charge on any atom is -0.458 e. The quantitative estimate of drug-likeness (QED) is 0.209. The van der Waals surface area contributed by atoms with Crippen LogP contribution in [0.3, 0.4) is 0 Å². The summed E-state index contributed by atoms with van der Waals surface area (Å²) in [5, 5.41) is 2.22. The predicted molar refractivity (Wildman–Crippen MR) is 174 cm³/mol. The molecular formula is C38H21BN2O3. The van der Waals surface area contributed by atoms with Gasteiger partial charge in [0.15, 0.2) is 0 Å². The summed E-state index contributed by atoms with van der Waals surface area (Å²) in [5.74, 6) is 4.92. The van der Waals surface area contributed by atoms with E-state index in [4.69, 9.17) is 19.2 Å². The largest absolute Gasteiger partial charge is 0.458 e. The van der Waals surface area contributed by atoms with E-state index < -0.39 is 0 Å². The molecule has 5 nitrogen and oxygen atoms in total. The molecular weight excluding hydrogens is 543 g/mol. The fraction of sp³-hybridized carbons (Fsp3) is 0. The van der Waals surface area contributed by atoms with Crippen LogP contribution in [0.1, 0.15) is 0 Å². The Kier molecular flexibility index (Phi) is 4.74. The van der Waals surface area contributed by atoms with E-state index in [1.165, 1.54) is 0 Å². The lowest BCUT2D eigenvalue weighted by Gasteiger charge is -2.37. The van der Waals surface area contributed by atoms with E-state index in [0.29, 0.717) is 0 Å². The lowest BCUT2D eigenvalue weighted by Crippen LogP contribution is -2.59. The zero-order valence-electron chi connectivity index (χ0n) is 23.3. The molecule has 0 N–H and O–H groups in total. The molecule has 2 aromatic heterocycles. The molecule has 6 heteroatoms. The van der Waals surface area contributed by atoms with Gasteiger partial charge in [-0.2, -0.15) is 0 Å². The molecule has 0 fully saturated rings. The Labute approximate surface area is 253 Å². The molecule has 5 aromatic carbocycles. The summed E-state index contributed by atoms with van der Waals surface area (Å²) < 4.78 is 19.5. The molecule has 0 amide bonds. The lowest BCUT2D eigenvalue weighted by atomic mass is 9.34. The number of fused-ring (bicyclic) bond motifs is 1. The van der Waals surface area contributed by atoms with Crippen LogP contribution in [0.2, 0.25) is 0 Å². The highest BCUT2D eigenvalue weighted by molar-refractivity contribution is 6.99. The van der Waals surface area contributed by atoms with Crippen LogP contribution in [0.25, 0.3) is 44.4 Å². The molecule has 0 saturated carbocycles. The molecule has 7 aromatic rings. The second kappa shape index (κ2) is 8.82. The second-order valence-electron chi connectivity index (χ2n) is 11.3. The number of pyridine rings is 2. The Morgan fingerprint density at radius 2 is 0.932 bits per heavy atom. The molecule has 204 valence electrons. The average molecular weight is 564 g/mol. The van der Waals surface area contributed by atoms with Crippen molar-refractivity contribution in [1.29, 1.82) is 0 Å². The minimum absolute atomic E-state index is 0.00371. The van der Waals surface area contributed by atoms with Crippen LogP contribution in [0.4, 0.5) is 0 Å². The Balaban J connectivity index is 1.19. The number of ether oxygens (including phenoxy) is 3. The van der Waals surface area contributed by atoms with Crippen molar-refractivity contribution in [1.82, 2.24) is 9.97 Å². The third-order valence-corrected chi connectivity index (χ3v) is 8.91. The first kappa shape index (κ1) is 23.7. The first-order valence-electron chi connectivity index (χ1n) is 14.7. The van der Waals surface area contributed by atoms with Gasteiger partial charge in [0, 0.05) is 39.9 Å². The van der Waals surface area contributed by atoms with Crippen LogP contribution in [-0.2, 0) is 0 Å². The summed E-state index contributed by atoms with van der Waals surface area (Å²) in [4.78, 5) is 9.35. The number of hydrogen-bond acceptors (Lipinski definition) is 5. The first-order valence-corrected chi connectivity index (χ1v) is 14.7. The van der Waals surface area contributed by atoms with Crippen molar-refractivity contribution < 1.29 is 14.2 Å². The van der Waals surface area contributed by atoms with E-state index in [0.717, 1.165) is 95.3 Å². The van der Waals surface area contributed by atoms with Crippen LogP contribution in [-0.4, -0.2) is 16.7 Å². The van der Waals surface area contributed by atoms with Crippen molar-refractivity contribution in [2.75, 3.05) is 0 Å². The van der Waals surface area contributed by atoms with Gasteiger partial charge in [0.25, 0.3) is 6.71 Å². The van der Waals surface area contributed by atoms with Gasteiger partial charge in [0.1, 0.15) is 34.5 Å². The Bertz CT molecular complexity index is 2250. The van der Waals surface area contributed by atoms with Gasteiger partial charge < -0.3 is 14.2 Å². The van der Waals surface area contributed by atoms with Gasteiger partial charge in [-0.3, -0.25) is 9.97 Å². The molecule has 0 radical (unpaired) electrons. The fourth-order valence-corrected chi connectivity index (χ4v) is 7.00. The smallest absolute Gasteiger partial charge is 0.270 e. The van der Waals surface area contributed by atoms with Crippen molar-refractivity contribution in [2.24, 2.45) is 0 Å². The molecule has 0 spiro atoms. The maximum Gasteiger partial charge on any atom is 0.270 e. The Morgan fingerprint density at radius 3 is 1.48 bits per heavy atom. The molecule has 0 aliphatic carbocycles.